The van der Waals surface area contributed by atoms with Crippen molar-refractivity contribution in [3.8, 4) is 0 Å². The van der Waals surface area contributed by atoms with Crippen molar-refractivity contribution in [2.45, 2.75) is 45.3 Å². The number of hydrogen-bond donors (Lipinski definition) is 0. The van der Waals surface area contributed by atoms with Crippen LogP contribution >= 0.6 is 0 Å². The van der Waals surface area contributed by atoms with Crippen LogP contribution in [0.5, 0.6) is 0 Å². The van der Waals surface area contributed by atoms with Gasteiger partial charge in [-0.1, -0.05) is 12.1 Å². The molecule has 2 heterocycles. The SMILES string of the molecule is CN1CCN(C(=O)c2cccc(C3CCCN3C(=O)OC(C)(C)C)c2)CC1. The Hall–Kier alpha value is -2.08. The fourth-order valence-electron chi connectivity index (χ4n) is 3.72. The first-order valence-corrected chi connectivity index (χ1v) is 9.82. The van der Waals surface area contributed by atoms with Gasteiger partial charge in [0.2, 0.25) is 0 Å². The summed E-state index contributed by atoms with van der Waals surface area (Å²) in [4.78, 5) is 31.4. The summed E-state index contributed by atoms with van der Waals surface area (Å²) in [7, 11) is 2.08. The van der Waals surface area contributed by atoms with E-state index < -0.39 is 5.60 Å². The van der Waals surface area contributed by atoms with Crippen LogP contribution in [0.4, 0.5) is 4.79 Å². The molecular formula is C21H31N3O3. The fourth-order valence-corrected chi connectivity index (χ4v) is 3.72. The Bertz CT molecular complexity index is 690. The van der Waals surface area contributed by atoms with E-state index in [1.807, 2.05) is 49.9 Å². The minimum absolute atomic E-state index is 0.0277. The van der Waals surface area contributed by atoms with Crippen molar-refractivity contribution >= 4 is 12.0 Å². The molecule has 2 fully saturated rings. The van der Waals surface area contributed by atoms with Crippen molar-refractivity contribution in [3.05, 3.63) is 35.4 Å². The lowest BCUT2D eigenvalue weighted by atomic mass is 10.0. The second kappa shape index (κ2) is 7.89. The molecule has 3 rings (SSSR count). The van der Waals surface area contributed by atoms with Crippen molar-refractivity contribution in [1.29, 1.82) is 0 Å². The van der Waals surface area contributed by atoms with E-state index in [0.717, 1.165) is 44.6 Å². The van der Waals surface area contributed by atoms with Gasteiger partial charge in [-0.05, 0) is 58.4 Å². The zero-order chi connectivity index (χ0) is 19.6. The van der Waals surface area contributed by atoms with Gasteiger partial charge in [-0.15, -0.1) is 0 Å². The van der Waals surface area contributed by atoms with Gasteiger partial charge in [-0.3, -0.25) is 4.79 Å². The molecule has 27 heavy (non-hydrogen) atoms. The highest BCUT2D eigenvalue weighted by Crippen LogP contribution is 2.33. The van der Waals surface area contributed by atoms with Gasteiger partial charge in [0.15, 0.2) is 0 Å². The molecule has 0 spiro atoms. The monoisotopic (exact) mass is 373 g/mol. The molecule has 148 valence electrons. The first-order chi connectivity index (χ1) is 12.7. The molecule has 6 heteroatoms. The number of carbonyl (C=O) groups excluding carboxylic acids is 2. The van der Waals surface area contributed by atoms with Gasteiger partial charge in [-0.2, -0.15) is 0 Å². The van der Waals surface area contributed by atoms with E-state index >= 15 is 0 Å². The molecular weight excluding hydrogens is 342 g/mol. The van der Waals surface area contributed by atoms with Gasteiger partial charge in [-0.25, -0.2) is 4.79 Å². The van der Waals surface area contributed by atoms with Crippen LogP contribution in [0.25, 0.3) is 0 Å². The molecule has 1 unspecified atom stereocenters. The van der Waals surface area contributed by atoms with Crippen molar-refractivity contribution in [2.75, 3.05) is 39.8 Å². The average molecular weight is 373 g/mol. The van der Waals surface area contributed by atoms with Gasteiger partial charge in [0, 0.05) is 38.3 Å². The zero-order valence-corrected chi connectivity index (χ0v) is 16.9. The van der Waals surface area contributed by atoms with E-state index in [-0.39, 0.29) is 18.0 Å². The Kier molecular flexibility index (Phi) is 5.75. The predicted molar refractivity (Wildman–Crippen MR) is 105 cm³/mol. The van der Waals surface area contributed by atoms with Crippen LogP contribution in [0.1, 0.15) is 55.6 Å². The lowest BCUT2D eigenvalue weighted by Crippen LogP contribution is -2.47. The van der Waals surface area contributed by atoms with Gasteiger partial charge >= 0.3 is 6.09 Å². The molecule has 1 atom stereocenters. The van der Waals surface area contributed by atoms with Crippen LogP contribution in [0.2, 0.25) is 0 Å². The summed E-state index contributed by atoms with van der Waals surface area (Å²) < 4.78 is 5.56. The predicted octanol–water partition coefficient (Wildman–Crippen LogP) is 3.15. The minimum Gasteiger partial charge on any atom is -0.444 e. The molecule has 1 aromatic carbocycles. The Morgan fingerprint density at radius 3 is 2.44 bits per heavy atom. The summed E-state index contributed by atoms with van der Waals surface area (Å²) in [6, 6.07) is 7.73. The largest absolute Gasteiger partial charge is 0.444 e. The molecule has 2 amide bonds. The number of carbonyl (C=O) groups is 2. The van der Waals surface area contributed by atoms with Crippen molar-refractivity contribution in [2.24, 2.45) is 0 Å². The third-order valence-corrected chi connectivity index (χ3v) is 5.19. The Balaban J connectivity index is 1.74. The van der Waals surface area contributed by atoms with Crippen molar-refractivity contribution in [1.82, 2.24) is 14.7 Å². The summed E-state index contributed by atoms with van der Waals surface area (Å²) in [6.45, 7) is 9.65. The number of rotatable bonds is 2. The summed E-state index contributed by atoms with van der Waals surface area (Å²) in [6.07, 6.45) is 1.56. The zero-order valence-electron chi connectivity index (χ0n) is 16.9. The average Bonchev–Trinajstić information content (AvgIpc) is 3.10. The Morgan fingerprint density at radius 2 is 1.78 bits per heavy atom. The molecule has 2 aliphatic rings. The van der Waals surface area contributed by atoms with Crippen LogP contribution in [-0.4, -0.2) is 72.1 Å². The maximum atomic E-state index is 12.9. The number of nitrogens with zero attached hydrogens (tertiary/aromatic N) is 3. The first kappa shape index (κ1) is 19.7. The van der Waals surface area contributed by atoms with Crippen molar-refractivity contribution in [3.63, 3.8) is 0 Å². The summed E-state index contributed by atoms with van der Waals surface area (Å²) >= 11 is 0. The fraction of sp³-hybridized carbons (Fsp3) is 0.619. The van der Waals surface area contributed by atoms with Gasteiger partial charge in [0.05, 0.1) is 6.04 Å². The second-order valence-corrected chi connectivity index (χ2v) is 8.55. The van der Waals surface area contributed by atoms with Crippen LogP contribution in [0, 0.1) is 0 Å². The quantitative estimate of drug-likeness (QED) is 0.799. The number of hydrogen-bond acceptors (Lipinski definition) is 4. The number of ether oxygens (including phenoxy) is 1. The lowest BCUT2D eigenvalue weighted by molar-refractivity contribution is 0.0224. The van der Waals surface area contributed by atoms with Gasteiger partial charge < -0.3 is 19.4 Å². The standard InChI is InChI=1S/C21H31N3O3/c1-21(2,3)27-20(26)24-10-6-9-18(24)16-7-5-8-17(15-16)19(25)23-13-11-22(4)12-14-23/h5,7-8,15,18H,6,9-14H2,1-4H3. The van der Waals surface area contributed by atoms with Gasteiger partial charge in [0.1, 0.15) is 5.60 Å². The number of piperazine rings is 1. The van der Waals surface area contributed by atoms with Crippen LogP contribution in [-0.2, 0) is 4.74 Å². The van der Waals surface area contributed by atoms with Crippen molar-refractivity contribution < 1.29 is 14.3 Å². The van der Waals surface area contributed by atoms with E-state index in [1.165, 1.54) is 0 Å². The molecule has 0 saturated carbocycles. The normalized spacial score (nSPS) is 21.4. The second-order valence-electron chi connectivity index (χ2n) is 8.55. The maximum absolute atomic E-state index is 12.9. The summed E-state index contributed by atoms with van der Waals surface area (Å²) in [5.74, 6) is 0.0757. The van der Waals surface area contributed by atoms with Crippen LogP contribution in [0.3, 0.4) is 0 Å². The van der Waals surface area contributed by atoms with E-state index in [1.54, 1.807) is 4.90 Å². The molecule has 0 aliphatic carbocycles. The molecule has 0 radical (unpaired) electrons. The molecule has 6 nitrogen and oxygen atoms in total. The molecule has 0 bridgehead atoms. The van der Waals surface area contributed by atoms with E-state index in [0.29, 0.717) is 12.1 Å². The van der Waals surface area contributed by atoms with E-state index in [2.05, 4.69) is 11.9 Å². The molecule has 1 aromatic rings. The minimum atomic E-state index is -0.510. The Morgan fingerprint density at radius 1 is 1.07 bits per heavy atom. The highest BCUT2D eigenvalue weighted by Gasteiger charge is 2.33. The number of benzene rings is 1. The van der Waals surface area contributed by atoms with Crippen LogP contribution in [0.15, 0.2) is 24.3 Å². The molecule has 0 aromatic heterocycles. The summed E-state index contributed by atoms with van der Waals surface area (Å²) in [5, 5.41) is 0. The number of likely N-dealkylation sites (tertiary alicyclic amines) is 1. The first-order valence-electron chi connectivity index (χ1n) is 9.82. The third kappa shape index (κ3) is 4.80. The third-order valence-electron chi connectivity index (χ3n) is 5.19. The molecule has 0 N–H and O–H groups in total. The van der Waals surface area contributed by atoms with Crippen LogP contribution < -0.4 is 0 Å². The lowest BCUT2D eigenvalue weighted by Gasteiger charge is -2.32. The maximum Gasteiger partial charge on any atom is 0.410 e. The van der Waals surface area contributed by atoms with E-state index in [9.17, 15) is 9.59 Å². The van der Waals surface area contributed by atoms with E-state index in [4.69, 9.17) is 4.74 Å². The highest BCUT2D eigenvalue weighted by molar-refractivity contribution is 5.94. The Labute approximate surface area is 162 Å². The smallest absolute Gasteiger partial charge is 0.410 e. The molecule has 2 aliphatic heterocycles. The number of likely N-dealkylation sites (N-methyl/N-ethyl adjacent to an activating group) is 1. The highest BCUT2D eigenvalue weighted by atomic mass is 16.6. The summed E-state index contributed by atoms with van der Waals surface area (Å²) in [5.41, 5.74) is 1.20. The number of amides is 2. The topological polar surface area (TPSA) is 53.1 Å². The molecule has 2 saturated heterocycles. The van der Waals surface area contributed by atoms with Gasteiger partial charge in [0.25, 0.3) is 5.91 Å².